The standard InChI is InChI=1S/C10H8ClF3N2O4/c1-9(18,10(12,13)14)8(17)15-5-3-2-4-6(7(5)11)16(19)20/h2-4,18H,1H3,(H,15,17)/t9-/m1/s1. The number of amides is 1. The van der Waals surface area contributed by atoms with E-state index in [9.17, 15) is 28.1 Å². The van der Waals surface area contributed by atoms with Crippen molar-refractivity contribution in [1.29, 1.82) is 0 Å². The highest BCUT2D eigenvalue weighted by atomic mass is 35.5. The number of nitrogens with zero attached hydrogens (tertiary/aromatic N) is 1. The summed E-state index contributed by atoms with van der Waals surface area (Å²) < 4.78 is 37.3. The Morgan fingerprint density at radius 3 is 2.45 bits per heavy atom. The molecule has 10 heteroatoms. The number of nitro benzene ring substituents is 1. The largest absolute Gasteiger partial charge is 0.426 e. The van der Waals surface area contributed by atoms with Gasteiger partial charge in [-0.2, -0.15) is 13.2 Å². The van der Waals surface area contributed by atoms with Gasteiger partial charge in [0.25, 0.3) is 11.6 Å². The van der Waals surface area contributed by atoms with Crippen LogP contribution in [-0.4, -0.2) is 27.7 Å². The molecule has 1 amide bonds. The van der Waals surface area contributed by atoms with Crippen LogP contribution in [-0.2, 0) is 4.79 Å². The van der Waals surface area contributed by atoms with E-state index in [4.69, 9.17) is 16.7 Å². The zero-order chi connectivity index (χ0) is 15.7. The lowest BCUT2D eigenvalue weighted by molar-refractivity contribution is -0.384. The maximum Gasteiger partial charge on any atom is 0.426 e. The van der Waals surface area contributed by atoms with Gasteiger partial charge in [0.05, 0.1) is 10.6 Å². The number of nitrogens with one attached hydrogen (secondary N) is 1. The van der Waals surface area contributed by atoms with Crippen LogP contribution in [0.25, 0.3) is 0 Å². The lowest BCUT2D eigenvalue weighted by atomic mass is 10.1. The minimum absolute atomic E-state index is 0.258. The third-order valence-corrected chi connectivity index (χ3v) is 2.81. The topological polar surface area (TPSA) is 92.5 Å². The number of rotatable bonds is 3. The number of benzene rings is 1. The van der Waals surface area contributed by atoms with Crippen molar-refractivity contribution in [3.63, 3.8) is 0 Å². The van der Waals surface area contributed by atoms with Gasteiger partial charge >= 0.3 is 6.18 Å². The number of hydrogen-bond acceptors (Lipinski definition) is 4. The summed E-state index contributed by atoms with van der Waals surface area (Å²) in [5.74, 6) is -1.80. The number of carbonyl (C=O) groups excluding carboxylic acids is 1. The van der Waals surface area contributed by atoms with Crippen LogP contribution < -0.4 is 5.32 Å². The SMILES string of the molecule is C[C@@](O)(C(=O)Nc1cccc([N+](=O)[O-])c1Cl)C(F)(F)F. The molecule has 1 rings (SSSR count). The fourth-order valence-corrected chi connectivity index (χ4v) is 1.37. The summed E-state index contributed by atoms with van der Waals surface area (Å²) in [7, 11) is 0. The van der Waals surface area contributed by atoms with Crippen LogP contribution in [0, 0.1) is 10.1 Å². The highest BCUT2D eigenvalue weighted by molar-refractivity contribution is 6.35. The molecule has 0 heterocycles. The van der Waals surface area contributed by atoms with E-state index in [0.717, 1.165) is 18.2 Å². The molecule has 2 N–H and O–H groups in total. The first-order valence-corrected chi connectivity index (χ1v) is 5.39. The minimum Gasteiger partial charge on any atom is -0.373 e. The molecule has 0 aliphatic rings. The van der Waals surface area contributed by atoms with Crippen LogP contribution in [0.3, 0.4) is 0 Å². The van der Waals surface area contributed by atoms with E-state index in [1.807, 2.05) is 0 Å². The molecule has 1 aromatic carbocycles. The van der Waals surface area contributed by atoms with E-state index in [-0.39, 0.29) is 6.92 Å². The number of nitro groups is 1. The van der Waals surface area contributed by atoms with Gasteiger partial charge in [-0.25, -0.2) is 0 Å². The molecule has 0 aliphatic carbocycles. The molecule has 0 unspecified atom stereocenters. The van der Waals surface area contributed by atoms with Crippen LogP contribution in [0.15, 0.2) is 18.2 Å². The van der Waals surface area contributed by atoms with Crippen LogP contribution in [0.4, 0.5) is 24.5 Å². The summed E-state index contributed by atoms with van der Waals surface area (Å²) in [6.45, 7) is 0.258. The summed E-state index contributed by atoms with van der Waals surface area (Å²) in [5.41, 5.74) is -4.65. The molecular formula is C10H8ClF3N2O4. The van der Waals surface area contributed by atoms with Gasteiger partial charge in [0.15, 0.2) is 0 Å². The molecule has 0 saturated heterocycles. The van der Waals surface area contributed by atoms with Crippen molar-refractivity contribution in [2.45, 2.75) is 18.7 Å². The van der Waals surface area contributed by atoms with E-state index < -0.39 is 39.0 Å². The maximum atomic E-state index is 12.4. The second-order valence-electron chi connectivity index (χ2n) is 3.92. The molecule has 1 atom stereocenters. The van der Waals surface area contributed by atoms with Crippen LogP contribution >= 0.6 is 11.6 Å². The van der Waals surface area contributed by atoms with Crippen molar-refractivity contribution in [2.75, 3.05) is 5.32 Å². The van der Waals surface area contributed by atoms with Crippen LogP contribution in [0.1, 0.15) is 6.92 Å². The number of halogens is 4. The number of hydrogen-bond donors (Lipinski definition) is 2. The highest BCUT2D eigenvalue weighted by Crippen LogP contribution is 2.34. The fraction of sp³-hybridized carbons (Fsp3) is 0.300. The van der Waals surface area contributed by atoms with Crippen molar-refractivity contribution in [3.8, 4) is 0 Å². The van der Waals surface area contributed by atoms with Crippen molar-refractivity contribution in [3.05, 3.63) is 33.3 Å². The number of carbonyl (C=O) groups is 1. The predicted molar refractivity (Wildman–Crippen MR) is 63.4 cm³/mol. The second-order valence-corrected chi connectivity index (χ2v) is 4.30. The smallest absolute Gasteiger partial charge is 0.373 e. The summed E-state index contributed by atoms with van der Waals surface area (Å²) >= 11 is 5.59. The molecular weight excluding hydrogens is 305 g/mol. The van der Waals surface area contributed by atoms with Gasteiger partial charge in [-0.05, 0) is 13.0 Å². The third kappa shape index (κ3) is 2.99. The van der Waals surface area contributed by atoms with E-state index in [1.54, 1.807) is 5.32 Å². The average Bonchev–Trinajstić information content (AvgIpc) is 2.29. The molecule has 6 nitrogen and oxygen atoms in total. The van der Waals surface area contributed by atoms with E-state index in [0.29, 0.717) is 0 Å². The van der Waals surface area contributed by atoms with Gasteiger partial charge in [-0.1, -0.05) is 17.7 Å². The summed E-state index contributed by atoms with van der Waals surface area (Å²) in [6, 6.07) is 3.21. The second kappa shape index (κ2) is 5.25. The Morgan fingerprint density at radius 1 is 1.45 bits per heavy atom. The Hall–Kier alpha value is -1.87. The fourth-order valence-electron chi connectivity index (χ4n) is 1.13. The normalized spacial score (nSPS) is 14.5. The van der Waals surface area contributed by atoms with Crippen molar-refractivity contribution in [2.24, 2.45) is 0 Å². The average molecular weight is 313 g/mol. The lowest BCUT2D eigenvalue weighted by Crippen LogP contribution is -2.52. The van der Waals surface area contributed by atoms with Crippen LogP contribution in [0.5, 0.6) is 0 Å². The molecule has 0 bridgehead atoms. The molecule has 0 aliphatic heterocycles. The Bertz CT molecular complexity index is 560. The van der Waals surface area contributed by atoms with E-state index in [2.05, 4.69) is 0 Å². The highest BCUT2D eigenvalue weighted by Gasteiger charge is 2.55. The molecule has 0 spiro atoms. The van der Waals surface area contributed by atoms with Gasteiger partial charge in [0.1, 0.15) is 5.02 Å². The molecule has 0 fully saturated rings. The Labute approximate surface area is 115 Å². The summed E-state index contributed by atoms with van der Waals surface area (Å²) in [4.78, 5) is 21.1. The first-order chi connectivity index (χ1) is 8.98. The quantitative estimate of drug-likeness (QED) is 0.662. The monoisotopic (exact) mass is 312 g/mol. The zero-order valence-electron chi connectivity index (χ0n) is 9.86. The van der Waals surface area contributed by atoms with E-state index >= 15 is 0 Å². The maximum absolute atomic E-state index is 12.4. The Kier molecular flexibility index (Phi) is 4.25. The summed E-state index contributed by atoms with van der Waals surface area (Å²) in [5, 5.41) is 20.9. The number of aliphatic hydroxyl groups is 1. The van der Waals surface area contributed by atoms with Gasteiger partial charge < -0.3 is 10.4 Å². The first-order valence-electron chi connectivity index (χ1n) is 5.02. The molecule has 0 radical (unpaired) electrons. The van der Waals surface area contributed by atoms with Gasteiger partial charge in [0.2, 0.25) is 5.60 Å². The zero-order valence-corrected chi connectivity index (χ0v) is 10.6. The third-order valence-electron chi connectivity index (χ3n) is 2.42. The van der Waals surface area contributed by atoms with E-state index in [1.165, 1.54) is 0 Å². The van der Waals surface area contributed by atoms with Gasteiger partial charge in [0, 0.05) is 6.07 Å². The molecule has 0 saturated carbocycles. The van der Waals surface area contributed by atoms with Crippen molar-refractivity contribution in [1.82, 2.24) is 0 Å². The van der Waals surface area contributed by atoms with Crippen molar-refractivity contribution < 1.29 is 28.0 Å². The number of anilines is 1. The molecule has 110 valence electrons. The van der Waals surface area contributed by atoms with Gasteiger partial charge in [-0.3, -0.25) is 14.9 Å². The van der Waals surface area contributed by atoms with Crippen molar-refractivity contribution >= 4 is 28.9 Å². The summed E-state index contributed by atoms with van der Waals surface area (Å²) in [6.07, 6.45) is -5.20. The van der Waals surface area contributed by atoms with Crippen LogP contribution in [0.2, 0.25) is 5.02 Å². The molecule has 1 aromatic rings. The van der Waals surface area contributed by atoms with Gasteiger partial charge in [-0.15, -0.1) is 0 Å². The predicted octanol–water partition coefficient (Wildman–Crippen LogP) is 2.50. The molecule has 0 aromatic heterocycles. The Balaban J connectivity index is 3.10. The Morgan fingerprint density at radius 2 is 2.00 bits per heavy atom. The first kappa shape index (κ1) is 16.2. The number of alkyl halides is 3. The molecule has 20 heavy (non-hydrogen) atoms. The minimum atomic E-state index is -5.20. The lowest BCUT2D eigenvalue weighted by Gasteiger charge is -2.24.